The summed E-state index contributed by atoms with van der Waals surface area (Å²) in [5, 5.41) is 16.9. The van der Waals surface area contributed by atoms with Crippen molar-refractivity contribution in [1.82, 2.24) is 25.5 Å². The number of urea groups is 1. The zero-order valence-corrected chi connectivity index (χ0v) is 14.4. The monoisotopic (exact) mass is 342 g/mol. The number of hydrogen-bond donors (Lipinski definition) is 2. The van der Waals surface area contributed by atoms with Gasteiger partial charge in [0.05, 0.1) is 12.8 Å². The summed E-state index contributed by atoms with van der Waals surface area (Å²) < 4.78 is 6.79. The van der Waals surface area contributed by atoms with Crippen LogP contribution in [0.4, 0.5) is 10.5 Å². The van der Waals surface area contributed by atoms with E-state index in [1.54, 1.807) is 25.3 Å². The summed E-state index contributed by atoms with van der Waals surface area (Å²) in [7, 11) is 1.57. The minimum atomic E-state index is -0.255. The van der Waals surface area contributed by atoms with Crippen LogP contribution in [0.2, 0.25) is 0 Å². The number of amides is 2. The second-order valence-corrected chi connectivity index (χ2v) is 6.02. The number of allylic oxidation sites excluding steroid dienone is 1. The first kappa shape index (κ1) is 16.9. The van der Waals surface area contributed by atoms with E-state index >= 15 is 0 Å². The van der Waals surface area contributed by atoms with Gasteiger partial charge in [0.1, 0.15) is 12.1 Å². The van der Waals surface area contributed by atoms with Crippen molar-refractivity contribution in [3.8, 4) is 11.4 Å². The molecular formula is C17H22N6O2. The lowest BCUT2D eigenvalue weighted by Gasteiger charge is -2.21. The molecule has 132 valence electrons. The van der Waals surface area contributed by atoms with Crippen molar-refractivity contribution in [2.75, 3.05) is 12.4 Å². The van der Waals surface area contributed by atoms with Crippen LogP contribution >= 0.6 is 0 Å². The molecule has 0 aliphatic heterocycles. The van der Waals surface area contributed by atoms with Crippen molar-refractivity contribution in [3.05, 3.63) is 36.2 Å². The Balaban J connectivity index is 1.70. The predicted octanol–water partition coefficient (Wildman–Crippen LogP) is 2.68. The van der Waals surface area contributed by atoms with Crippen LogP contribution in [0.3, 0.4) is 0 Å². The molecule has 2 aromatic rings. The van der Waals surface area contributed by atoms with Crippen LogP contribution in [0.15, 0.2) is 36.2 Å². The highest BCUT2D eigenvalue weighted by molar-refractivity contribution is 5.90. The summed E-state index contributed by atoms with van der Waals surface area (Å²) in [5.74, 6) is 0.603. The van der Waals surface area contributed by atoms with E-state index < -0.39 is 0 Å². The summed E-state index contributed by atoms with van der Waals surface area (Å²) in [5.41, 5.74) is 2.59. The molecule has 0 bridgehead atoms. The van der Waals surface area contributed by atoms with Gasteiger partial charge in [0.15, 0.2) is 0 Å². The highest BCUT2D eigenvalue weighted by atomic mass is 16.5. The third-order valence-corrected chi connectivity index (χ3v) is 4.23. The second kappa shape index (κ2) is 7.78. The molecule has 1 aliphatic carbocycles. The van der Waals surface area contributed by atoms with Gasteiger partial charge in [-0.15, -0.1) is 5.10 Å². The van der Waals surface area contributed by atoms with E-state index in [0.717, 1.165) is 12.8 Å². The minimum Gasteiger partial charge on any atom is -0.497 e. The fourth-order valence-corrected chi connectivity index (χ4v) is 2.90. The Hall–Kier alpha value is -2.90. The molecule has 2 amide bonds. The van der Waals surface area contributed by atoms with Crippen LogP contribution in [0.1, 0.15) is 32.6 Å². The number of ether oxygens (including phenoxy) is 1. The van der Waals surface area contributed by atoms with E-state index in [1.807, 2.05) is 6.92 Å². The number of carbonyl (C=O) groups is 1. The third-order valence-electron chi connectivity index (χ3n) is 4.23. The quantitative estimate of drug-likeness (QED) is 0.815. The number of carbonyl (C=O) groups excluding carboxylic acids is 1. The lowest BCUT2D eigenvalue weighted by atomic mass is 9.95. The van der Waals surface area contributed by atoms with Crippen LogP contribution in [-0.4, -0.2) is 39.4 Å². The lowest BCUT2D eigenvalue weighted by Crippen LogP contribution is -2.37. The van der Waals surface area contributed by atoms with Gasteiger partial charge in [-0.05, 0) is 49.1 Å². The molecule has 0 radical (unpaired) electrons. The minimum absolute atomic E-state index is 0.0184. The normalized spacial score (nSPS) is 15.2. The van der Waals surface area contributed by atoms with E-state index in [9.17, 15) is 4.79 Å². The zero-order valence-electron chi connectivity index (χ0n) is 14.4. The van der Waals surface area contributed by atoms with E-state index in [2.05, 4.69) is 32.2 Å². The molecule has 1 unspecified atom stereocenters. The maximum absolute atomic E-state index is 12.3. The topological polar surface area (TPSA) is 94.0 Å². The molecule has 25 heavy (non-hydrogen) atoms. The molecule has 8 heteroatoms. The Morgan fingerprint density at radius 1 is 1.32 bits per heavy atom. The van der Waals surface area contributed by atoms with E-state index in [4.69, 9.17) is 4.74 Å². The molecule has 0 spiro atoms. The average molecular weight is 342 g/mol. The summed E-state index contributed by atoms with van der Waals surface area (Å²) in [6, 6.07) is 5.08. The number of tetrazole rings is 1. The number of aromatic nitrogens is 4. The molecule has 1 aromatic heterocycles. The van der Waals surface area contributed by atoms with Gasteiger partial charge in [-0.2, -0.15) is 0 Å². The molecular weight excluding hydrogens is 320 g/mol. The number of nitrogens with one attached hydrogen (secondary N) is 2. The van der Waals surface area contributed by atoms with Crippen LogP contribution in [0, 0.1) is 0 Å². The fraction of sp³-hybridized carbons (Fsp3) is 0.412. The molecule has 0 saturated carbocycles. The molecule has 1 aromatic carbocycles. The Bertz CT molecular complexity index is 757. The number of nitrogens with zero attached hydrogens (tertiary/aromatic N) is 4. The van der Waals surface area contributed by atoms with Gasteiger partial charge < -0.3 is 15.4 Å². The van der Waals surface area contributed by atoms with Crippen molar-refractivity contribution in [1.29, 1.82) is 0 Å². The summed E-state index contributed by atoms with van der Waals surface area (Å²) >= 11 is 0. The lowest BCUT2D eigenvalue weighted by molar-refractivity contribution is 0.250. The fourth-order valence-electron chi connectivity index (χ4n) is 2.90. The molecule has 0 fully saturated rings. The van der Waals surface area contributed by atoms with Gasteiger partial charge in [0.25, 0.3) is 0 Å². The molecule has 1 heterocycles. The highest BCUT2D eigenvalue weighted by Crippen LogP contribution is 2.23. The maximum atomic E-state index is 12.3. The Morgan fingerprint density at radius 3 is 2.88 bits per heavy atom. The number of anilines is 1. The number of benzene rings is 1. The maximum Gasteiger partial charge on any atom is 0.319 e. The number of methoxy groups -OCH3 is 1. The first-order valence-corrected chi connectivity index (χ1v) is 8.34. The molecule has 3 rings (SSSR count). The Kier molecular flexibility index (Phi) is 5.27. The molecule has 8 nitrogen and oxygen atoms in total. The molecule has 1 aliphatic rings. The number of rotatable bonds is 5. The zero-order chi connectivity index (χ0) is 17.6. The summed E-state index contributed by atoms with van der Waals surface area (Å²) in [6.45, 7) is 2.01. The first-order chi connectivity index (χ1) is 12.2. The standard InChI is InChI=1S/C17H22N6O2/c1-12(13-6-4-3-5-7-13)19-17(24)20-14-8-15(10-16(9-14)25-2)23-11-18-21-22-23/h6,8-12H,3-5,7H2,1-2H3,(H2,19,20,24). The second-order valence-electron chi connectivity index (χ2n) is 6.02. The van der Waals surface area contributed by atoms with E-state index in [-0.39, 0.29) is 12.1 Å². The van der Waals surface area contributed by atoms with Crippen molar-refractivity contribution in [3.63, 3.8) is 0 Å². The summed E-state index contributed by atoms with van der Waals surface area (Å²) in [4.78, 5) is 12.3. The van der Waals surface area contributed by atoms with Gasteiger partial charge in [0, 0.05) is 23.9 Å². The van der Waals surface area contributed by atoms with Gasteiger partial charge in [-0.3, -0.25) is 0 Å². The van der Waals surface area contributed by atoms with Crippen molar-refractivity contribution >= 4 is 11.7 Å². The van der Waals surface area contributed by atoms with Crippen LogP contribution in [-0.2, 0) is 0 Å². The largest absolute Gasteiger partial charge is 0.497 e. The van der Waals surface area contributed by atoms with E-state index in [1.165, 1.54) is 29.4 Å². The van der Waals surface area contributed by atoms with Gasteiger partial charge >= 0.3 is 6.03 Å². The van der Waals surface area contributed by atoms with Gasteiger partial charge in [-0.25, -0.2) is 9.48 Å². The van der Waals surface area contributed by atoms with Crippen molar-refractivity contribution in [2.24, 2.45) is 0 Å². The van der Waals surface area contributed by atoms with E-state index in [0.29, 0.717) is 17.1 Å². The smallest absolute Gasteiger partial charge is 0.319 e. The first-order valence-electron chi connectivity index (χ1n) is 8.34. The van der Waals surface area contributed by atoms with Gasteiger partial charge in [0.2, 0.25) is 0 Å². The Morgan fingerprint density at radius 2 is 2.20 bits per heavy atom. The van der Waals surface area contributed by atoms with Crippen LogP contribution in [0.5, 0.6) is 5.75 Å². The van der Waals surface area contributed by atoms with Gasteiger partial charge in [-0.1, -0.05) is 11.6 Å². The molecule has 0 saturated heterocycles. The highest BCUT2D eigenvalue weighted by Gasteiger charge is 2.14. The number of hydrogen-bond acceptors (Lipinski definition) is 5. The SMILES string of the molecule is COc1cc(NC(=O)NC(C)C2=CCCCC2)cc(-n2cnnn2)c1. The van der Waals surface area contributed by atoms with Crippen molar-refractivity contribution in [2.45, 2.75) is 38.6 Å². The molecule has 2 N–H and O–H groups in total. The van der Waals surface area contributed by atoms with Crippen LogP contribution in [0.25, 0.3) is 5.69 Å². The molecule has 1 atom stereocenters. The van der Waals surface area contributed by atoms with Crippen molar-refractivity contribution < 1.29 is 9.53 Å². The summed E-state index contributed by atoms with van der Waals surface area (Å²) in [6.07, 6.45) is 8.26. The van der Waals surface area contributed by atoms with Crippen LogP contribution < -0.4 is 15.4 Å². The third kappa shape index (κ3) is 4.34. The predicted molar refractivity (Wildman–Crippen MR) is 93.9 cm³/mol. The average Bonchev–Trinajstić information content (AvgIpc) is 3.16. The Labute approximate surface area is 146 Å².